The quantitative estimate of drug-likeness (QED) is 0.609. The summed E-state index contributed by atoms with van der Waals surface area (Å²) in [6.45, 7) is 7.62. The summed E-state index contributed by atoms with van der Waals surface area (Å²) in [6, 6.07) is 19.3. The Kier molecular flexibility index (Phi) is 6.97. The Morgan fingerprint density at radius 2 is 1.71 bits per heavy atom. The number of benzene rings is 2. The summed E-state index contributed by atoms with van der Waals surface area (Å²) >= 11 is 0. The third-order valence-corrected chi connectivity index (χ3v) is 6.55. The number of nitrogens with one attached hydrogen (secondary N) is 1. The number of methoxy groups -OCH3 is 1. The highest BCUT2D eigenvalue weighted by atomic mass is 16.5. The van der Waals surface area contributed by atoms with Crippen LogP contribution in [0.5, 0.6) is 5.75 Å². The third kappa shape index (κ3) is 5.31. The first-order valence-corrected chi connectivity index (χ1v) is 11.4. The van der Waals surface area contributed by atoms with Gasteiger partial charge in [-0.3, -0.25) is 0 Å². The first-order valence-electron chi connectivity index (χ1n) is 11.4. The van der Waals surface area contributed by atoms with Crippen molar-refractivity contribution in [1.29, 1.82) is 0 Å². The van der Waals surface area contributed by atoms with Crippen LogP contribution in [0.1, 0.15) is 49.7 Å². The van der Waals surface area contributed by atoms with Gasteiger partial charge in [-0.15, -0.1) is 5.10 Å². The van der Waals surface area contributed by atoms with E-state index in [4.69, 9.17) is 4.74 Å². The highest BCUT2D eigenvalue weighted by Crippen LogP contribution is 2.22. The predicted octanol–water partition coefficient (Wildman–Crippen LogP) is 2.96. The van der Waals surface area contributed by atoms with Crippen LogP contribution in [0.25, 0.3) is 0 Å². The molecule has 31 heavy (non-hydrogen) atoms. The van der Waals surface area contributed by atoms with Gasteiger partial charge >= 0.3 is 0 Å². The van der Waals surface area contributed by atoms with Crippen molar-refractivity contribution in [3.05, 3.63) is 71.5 Å². The molecule has 0 bridgehead atoms. The molecule has 164 valence electrons. The van der Waals surface area contributed by atoms with Crippen molar-refractivity contribution in [2.75, 3.05) is 20.2 Å². The maximum atomic E-state index is 5.27. The molecule has 1 aromatic heterocycles. The summed E-state index contributed by atoms with van der Waals surface area (Å²) in [5.41, 5.74) is 2.63. The number of aromatic nitrogens is 4. The molecule has 1 saturated heterocycles. The molecule has 4 rings (SSSR count). The second-order valence-corrected chi connectivity index (χ2v) is 9.06. The summed E-state index contributed by atoms with van der Waals surface area (Å²) in [5, 5.41) is 12.9. The fourth-order valence-electron chi connectivity index (χ4n) is 4.91. The number of piperidine rings is 1. The van der Waals surface area contributed by atoms with E-state index in [0.29, 0.717) is 18.5 Å². The van der Waals surface area contributed by atoms with Crippen molar-refractivity contribution in [3.63, 3.8) is 0 Å². The van der Waals surface area contributed by atoms with Crippen molar-refractivity contribution in [1.82, 2.24) is 20.2 Å². The van der Waals surface area contributed by atoms with E-state index >= 15 is 0 Å². The van der Waals surface area contributed by atoms with Gasteiger partial charge in [-0.2, -0.15) is 0 Å². The van der Waals surface area contributed by atoms with E-state index in [1.807, 2.05) is 16.8 Å². The minimum atomic E-state index is 0.311. The van der Waals surface area contributed by atoms with E-state index in [0.717, 1.165) is 17.5 Å². The van der Waals surface area contributed by atoms with Gasteiger partial charge in [-0.05, 0) is 58.9 Å². The topological polar surface area (TPSA) is 57.3 Å². The molecule has 0 saturated carbocycles. The number of quaternary nitrogens is 1. The molecule has 6 heteroatoms. The predicted molar refractivity (Wildman–Crippen MR) is 121 cm³/mol. The lowest BCUT2D eigenvalue weighted by atomic mass is 9.88. The molecular formula is C25H34N5O+. The van der Waals surface area contributed by atoms with E-state index < -0.39 is 0 Å². The highest BCUT2D eigenvalue weighted by Gasteiger charge is 2.35. The smallest absolute Gasteiger partial charge is 0.209 e. The van der Waals surface area contributed by atoms with Crippen molar-refractivity contribution in [2.24, 2.45) is 11.8 Å². The van der Waals surface area contributed by atoms with Crippen LogP contribution in [-0.4, -0.2) is 40.4 Å². The largest absolute Gasteiger partial charge is 0.497 e. The maximum Gasteiger partial charge on any atom is 0.209 e. The van der Waals surface area contributed by atoms with Crippen molar-refractivity contribution < 1.29 is 9.64 Å². The molecule has 0 unspecified atom stereocenters. The third-order valence-electron chi connectivity index (χ3n) is 6.55. The van der Waals surface area contributed by atoms with Crippen LogP contribution >= 0.6 is 0 Å². The molecule has 1 aliphatic rings. The Balaban J connectivity index is 1.43. The number of likely N-dealkylation sites (tertiary alicyclic amines) is 1. The van der Waals surface area contributed by atoms with Crippen molar-refractivity contribution in [2.45, 2.75) is 45.7 Å². The maximum absolute atomic E-state index is 5.27. The van der Waals surface area contributed by atoms with E-state index in [2.05, 4.69) is 71.8 Å². The number of rotatable bonds is 8. The second kappa shape index (κ2) is 10.1. The average Bonchev–Trinajstić information content (AvgIpc) is 3.23. The van der Waals surface area contributed by atoms with E-state index in [9.17, 15) is 0 Å². The van der Waals surface area contributed by atoms with Crippen molar-refractivity contribution in [3.8, 4) is 5.75 Å². The SMILES string of the molecule is COc1ccc(Cn2nnnc2[C@H](C(C)C)[NH+]2CCC(Cc3ccccc3)CC2)cc1. The standard InChI is InChI=1S/C25H33N5O/c1-19(2)24(29-15-13-21(14-16-29)17-20-7-5-4-6-8-20)25-26-27-28-30(25)18-22-9-11-23(31-3)12-10-22/h4-12,19,21,24H,13-18H2,1-3H3/p+1/t24-/m0/s1. The zero-order valence-corrected chi connectivity index (χ0v) is 18.9. The molecule has 0 amide bonds. The Bertz CT molecular complexity index is 930. The van der Waals surface area contributed by atoms with Gasteiger partial charge < -0.3 is 9.64 Å². The zero-order chi connectivity index (χ0) is 21.6. The molecule has 1 fully saturated rings. The number of hydrogen-bond acceptors (Lipinski definition) is 4. The van der Waals surface area contributed by atoms with Gasteiger partial charge in [0.25, 0.3) is 0 Å². The molecule has 6 nitrogen and oxygen atoms in total. The van der Waals surface area contributed by atoms with Gasteiger partial charge in [0.1, 0.15) is 5.75 Å². The molecule has 1 atom stereocenters. The summed E-state index contributed by atoms with van der Waals surface area (Å²) < 4.78 is 7.25. The average molecular weight is 421 g/mol. The molecule has 2 heterocycles. The molecule has 0 spiro atoms. The molecule has 1 N–H and O–H groups in total. The van der Waals surface area contributed by atoms with E-state index in [1.54, 1.807) is 12.0 Å². The number of nitrogens with zero attached hydrogens (tertiary/aromatic N) is 4. The summed E-state index contributed by atoms with van der Waals surface area (Å²) in [7, 11) is 1.69. The lowest BCUT2D eigenvalue weighted by Crippen LogP contribution is -3.14. The number of hydrogen-bond donors (Lipinski definition) is 1. The minimum Gasteiger partial charge on any atom is -0.497 e. The molecular weight excluding hydrogens is 386 g/mol. The molecule has 2 aromatic carbocycles. The highest BCUT2D eigenvalue weighted by molar-refractivity contribution is 5.27. The van der Waals surface area contributed by atoms with Gasteiger partial charge in [0.15, 0.2) is 6.04 Å². The molecule has 3 aromatic rings. The molecule has 0 aliphatic carbocycles. The summed E-state index contributed by atoms with van der Waals surface area (Å²) in [4.78, 5) is 1.62. The van der Waals surface area contributed by atoms with Crippen LogP contribution in [0.2, 0.25) is 0 Å². The fourth-order valence-corrected chi connectivity index (χ4v) is 4.91. The van der Waals surface area contributed by atoms with Gasteiger partial charge in [0.2, 0.25) is 5.82 Å². The fraction of sp³-hybridized carbons (Fsp3) is 0.480. The van der Waals surface area contributed by atoms with Crippen LogP contribution in [0.15, 0.2) is 54.6 Å². The van der Waals surface area contributed by atoms with Crippen LogP contribution in [0.4, 0.5) is 0 Å². The van der Waals surface area contributed by atoms with E-state index in [-0.39, 0.29) is 0 Å². The van der Waals surface area contributed by atoms with E-state index in [1.165, 1.54) is 43.5 Å². The molecule has 1 aliphatic heterocycles. The zero-order valence-electron chi connectivity index (χ0n) is 18.9. The van der Waals surface area contributed by atoms with Gasteiger partial charge in [0, 0.05) is 5.92 Å². The van der Waals surface area contributed by atoms with Gasteiger partial charge in [-0.25, -0.2) is 4.68 Å². The van der Waals surface area contributed by atoms with Gasteiger partial charge in [-0.1, -0.05) is 56.3 Å². The van der Waals surface area contributed by atoms with Crippen LogP contribution < -0.4 is 9.64 Å². The Morgan fingerprint density at radius 3 is 2.35 bits per heavy atom. The van der Waals surface area contributed by atoms with Crippen LogP contribution in [0, 0.1) is 11.8 Å². The normalized spacial score (nSPS) is 20.0. The first kappa shape index (κ1) is 21.5. The molecule has 0 radical (unpaired) electrons. The lowest BCUT2D eigenvalue weighted by Gasteiger charge is -2.36. The Hall–Kier alpha value is -2.73. The monoisotopic (exact) mass is 420 g/mol. The van der Waals surface area contributed by atoms with Crippen LogP contribution in [-0.2, 0) is 13.0 Å². The van der Waals surface area contributed by atoms with Gasteiger partial charge in [0.05, 0.1) is 26.7 Å². The Labute approximate surface area is 185 Å². The first-order chi connectivity index (χ1) is 15.1. The second-order valence-electron chi connectivity index (χ2n) is 9.06. The Morgan fingerprint density at radius 1 is 1.00 bits per heavy atom. The summed E-state index contributed by atoms with van der Waals surface area (Å²) in [6.07, 6.45) is 3.71. The number of tetrazole rings is 1. The van der Waals surface area contributed by atoms with Crippen LogP contribution in [0.3, 0.4) is 0 Å². The minimum absolute atomic E-state index is 0.311. The number of ether oxygens (including phenoxy) is 1. The summed E-state index contributed by atoms with van der Waals surface area (Å²) in [5.74, 6) is 3.11. The lowest BCUT2D eigenvalue weighted by molar-refractivity contribution is -0.942. The van der Waals surface area contributed by atoms with Crippen molar-refractivity contribution >= 4 is 0 Å².